The Labute approximate surface area is 157 Å². The van der Waals surface area contributed by atoms with Crippen molar-refractivity contribution in [2.75, 3.05) is 17.2 Å². The van der Waals surface area contributed by atoms with E-state index in [4.69, 9.17) is 9.15 Å². The van der Waals surface area contributed by atoms with Crippen LogP contribution >= 0.6 is 0 Å². The van der Waals surface area contributed by atoms with Crippen LogP contribution in [0.25, 0.3) is 0 Å². The van der Waals surface area contributed by atoms with Crippen LogP contribution in [0.4, 0.5) is 11.4 Å². The molecule has 3 aromatic rings. The minimum absolute atomic E-state index is 0.168. The molecule has 0 saturated heterocycles. The Morgan fingerprint density at radius 3 is 2.48 bits per heavy atom. The monoisotopic (exact) mass is 364 g/mol. The summed E-state index contributed by atoms with van der Waals surface area (Å²) in [5.41, 5.74) is 2.18. The molecule has 0 aliphatic rings. The number of furan rings is 1. The first kappa shape index (κ1) is 18.3. The van der Waals surface area contributed by atoms with Crippen molar-refractivity contribution in [1.29, 1.82) is 0 Å². The van der Waals surface area contributed by atoms with E-state index in [0.29, 0.717) is 11.4 Å². The molecular formula is C21H20N2O4. The third-order valence-electron chi connectivity index (χ3n) is 3.83. The predicted molar refractivity (Wildman–Crippen MR) is 103 cm³/mol. The third-order valence-corrected chi connectivity index (χ3v) is 3.83. The molecule has 1 heterocycles. The fourth-order valence-corrected chi connectivity index (χ4v) is 2.47. The van der Waals surface area contributed by atoms with E-state index >= 15 is 0 Å². The van der Waals surface area contributed by atoms with Crippen molar-refractivity contribution in [2.24, 2.45) is 0 Å². The van der Waals surface area contributed by atoms with Crippen molar-refractivity contribution in [3.8, 4) is 5.75 Å². The van der Waals surface area contributed by atoms with Crippen molar-refractivity contribution in [1.82, 2.24) is 0 Å². The summed E-state index contributed by atoms with van der Waals surface area (Å²) in [4.78, 5) is 24.1. The van der Waals surface area contributed by atoms with Gasteiger partial charge in [0.2, 0.25) is 5.91 Å². The van der Waals surface area contributed by atoms with Gasteiger partial charge in [0.1, 0.15) is 5.75 Å². The highest BCUT2D eigenvalue weighted by molar-refractivity contribution is 6.02. The van der Waals surface area contributed by atoms with Gasteiger partial charge in [-0.1, -0.05) is 24.3 Å². The van der Waals surface area contributed by atoms with Crippen molar-refractivity contribution in [2.45, 2.75) is 13.3 Å². The second-order valence-corrected chi connectivity index (χ2v) is 5.92. The van der Waals surface area contributed by atoms with Gasteiger partial charge in [0.25, 0.3) is 5.91 Å². The van der Waals surface area contributed by atoms with Gasteiger partial charge in [-0.25, -0.2) is 0 Å². The summed E-state index contributed by atoms with van der Waals surface area (Å²) in [5, 5.41) is 5.52. The predicted octanol–water partition coefficient (Wildman–Crippen LogP) is 4.25. The molecule has 0 radical (unpaired) electrons. The van der Waals surface area contributed by atoms with Gasteiger partial charge in [-0.05, 0) is 48.9 Å². The zero-order valence-electron chi connectivity index (χ0n) is 14.9. The van der Waals surface area contributed by atoms with E-state index in [1.165, 1.54) is 6.26 Å². The molecule has 0 unspecified atom stereocenters. The van der Waals surface area contributed by atoms with E-state index in [1.807, 2.05) is 31.2 Å². The Morgan fingerprint density at radius 1 is 0.963 bits per heavy atom. The highest BCUT2D eigenvalue weighted by atomic mass is 16.5. The van der Waals surface area contributed by atoms with Gasteiger partial charge in [-0.15, -0.1) is 0 Å². The van der Waals surface area contributed by atoms with Crippen LogP contribution < -0.4 is 15.4 Å². The average Bonchev–Trinajstić information content (AvgIpc) is 3.18. The second kappa shape index (κ2) is 8.71. The van der Waals surface area contributed by atoms with Crippen LogP contribution in [0.2, 0.25) is 0 Å². The van der Waals surface area contributed by atoms with Crippen LogP contribution in [0.15, 0.2) is 71.3 Å². The normalized spacial score (nSPS) is 10.3. The smallest absolute Gasteiger partial charge is 0.291 e. The molecule has 0 bridgehead atoms. The molecule has 2 amide bonds. The first-order chi connectivity index (χ1) is 13.1. The van der Waals surface area contributed by atoms with Crippen LogP contribution in [-0.2, 0) is 4.79 Å². The molecule has 0 aliphatic carbocycles. The minimum Gasteiger partial charge on any atom is -0.493 e. The lowest BCUT2D eigenvalue weighted by molar-refractivity contribution is -0.116. The Morgan fingerprint density at radius 2 is 1.74 bits per heavy atom. The number of para-hydroxylation sites is 1. The summed E-state index contributed by atoms with van der Waals surface area (Å²) in [6.45, 7) is 2.24. The topological polar surface area (TPSA) is 80.6 Å². The molecular weight excluding hydrogens is 344 g/mol. The summed E-state index contributed by atoms with van der Waals surface area (Å²) in [7, 11) is 0. The van der Waals surface area contributed by atoms with E-state index in [2.05, 4.69) is 10.6 Å². The summed E-state index contributed by atoms with van der Waals surface area (Å²) < 4.78 is 10.7. The lowest BCUT2D eigenvalue weighted by atomic mass is 10.2. The number of hydrogen-bond donors (Lipinski definition) is 2. The van der Waals surface area contributed by atoms with Gasteiger partial charge >= 0.3 is 0 Å². The van der Waals surface area contributed by atoms with Gasteiger partial charge in [0, 0.05) is 11.4 Å². The molecule has 0 saturated carbocycles. The summed E-state index contributed by atoms with van der Waals surface area (Å²) in [6.07, 6.45) is 1.65. The first-order valence-electron chi connectivity index (χ1n) is 8.55. The zero-order chi connectivity index (χ0) is 19.1. The number of carbonyl (C=O) groups is 2. The highest BCUT2D eigenvalue weighted by Crippen LogP contribution is 2.18. The average molecular weight is 364 g/mol. The molecule has 6 nitrogen and oxygen atoms in total. The Hall–Kier alpha value is -3.54. The number of anilines is 2. The molecule has 0 atom stereocenters. The van der Waals surface area contributed by atoms with Crippen LogP contribution in [-0.4, -0.2) is 18.4 Å². The largest absolute Gasteiger partial charge is 0.493 e. The maximum Gasteiger partial charge on any atom is 0.291 e. The number of amides is 2. The van der Waals surface area contributed by atoms with Gasteiger partial charge in [-0.2, -0.15) is 0 Å². The van der Waals surface area contributed by atoms with Crippen LogP contribution in [0.5, 0.6) is 5.75 Å². The van der Waals surface area contributed by atoms with E-state index in [1.54, 1.807) is 36.4 Å². The Kier molecular flexibility index (Phi) is 5.89. The van der Waals surface area contributed by atoms with Gasteiger partial charge in [0.05, 0.1) is 19.3 Å². The van der Waals surface area contributed by atoms with Crippen molar-refractivity contribution in [3.05, 3.63) is 78.3 Å². The minimum atomic E-state index is -0.352. The molecule has 1 aromatic heterocycles. The SMILES string of the molecule is Cc1ccccc1OCCC(=O)Nc1cccc(NC(=O)c2ccco2)c1. The van der Waals surface area contributed by atoms with Crippen molar-refractivity contribution >= 4 is 23.2 Å². The number of benzene rings is 2. The summed E-state index contributed by atoms with van der Waals surface area (Å²) >= 11 is 0. The molecule has 0 aliphatic heterocycles. The van der Waals surface area contributed by atoms with Crippen LogP contribution in [0.3, 0.4) is 0 Å². The fraction of sp³-hybridized carbons (Fsp3) is 0.143. The number of hydrogen-bond acceptors (Lipinski definition) is 4. The Balaban J connectivity index is 1.50. The maximum atomic E-state index is 12.1. The van der Waals surface area contributed by atoms with E-state index in [9.17, 15) is 9.59 Å². The van der Waals surface area contributed by atoms with E-state index in [-0.39, 0.29) is 30.6 Å². The van der Waals surface area contributed by atoms with Gasteiger partial charge in [-0.3, -0.25) is 9.59 Å². The number of aryl methyl sites for hydroxylation is 1. The van der Waals surface area contributed by atoms with Gasteiger partial charge < -0.3 is 19.8 Å². The second-order valence-electron chi connectivity index (χ2n) is 5.92. The quantitative estimate of drug-likeness (QED) is 0.657. The number of nitrogens with one attached hydrogen (secondary N) is 2. The Bertz CT molecular complexity index is 919. The molecule has 0 fully saturated rings. The lowest BCUT2D eigenvalue weighted by Gasteiger charge is -2.10. The number of ether oxygens (including phenoxy) is 1. The van der Waals surface area contributed by atoms with Crippen molar-refractivity contribution in [3.63, 3.8) is 0 Å². The number of rotatable bonds is 7. The number of carbonyl (C=O) groups excluding carboxylic acids is 2. The zero-order valence-corrected chi connectivity index (χ0v) is 14.9. The molecule has 3 rings (SSSR count). The first-order valence-corrected chi connectivity index (χ1v) is 8.55. The molecule has 138 valence electrons. The molecule has 0 spiro atoms. The highest BCUT2D eigenvalue weighted by Gasteiger charge is 2.09. The van der Waals surface area contributed by atoms with Crippen LogP contribution in [0, 0.1) is 6.92 Å². The third kappa shape index (κ3) is 5.22. The maximum absolute atomic E-state index is 12.1. The molecule has 2 N–H and O–H groups in total. The molecule has 6 heteroatoms. The lowest BCUT2D eigenvalue weighted by Crippen LogP contribution is -2.16. The van der Waals surface area contributed by atoms with Crippen LogP contribution in [0.1, 0.15) is 22.5 Å². The van der Waals surface area contributed by atoms with Crippen molar-refractivity contribution < 1.29 is 18.7 Å². The van der Waals surface area contributed by atoms with E-state index in [0.717, 1.165) is 11.3 Å². The molecule has 27 heavy (non-hydrogen) atoms. The van der Waals surface area contributed by atoms with Gasteiger partial charge in [0.15, 0.2) is 5.76 Å². The molecule has 2 aromatic carbocycles. The van der Waals surface area contributed by atoms with E-state index < -0.39 is 0 Å². The summed E-state index contributed by atoms with van der Waals surface area (Å²) in [5.74, 6) is 0.471. The fourth-order valence-electron chi connectivity index (χ4n) is 2.47. The standard InChI is InChI=1S/C21H20N2O4/c1-15-6-2-3-9-18(15)27-13-11-20(24)22-16-7-4-8-17(14-16)23-21(25)19-10-5-12-26-19/h2-10,12,14H,11,13H2,1H3,(H,22,24)(H,23,25). The summed E-state index contributed by atoms with van der Waals surface area (Å²) in [6, 6.07) is 17.8.